The summed E-state index contributed by atoms with van der Waals surface area (Å²) in [6, 6.07) is 6.89. The second-order valence-corrected chi connectivity index (χ2v) is 5.31. The Morgan fingerprint density at radius 2 is 2.14 bits per heavy atom. The maximum atomic E-state index is 14.2. The van der Waals surface area contributed by atoms with Crippen LogP contribution in [0.3, 0.4) is 0 Å². The van der Waals surface area contributed by atoms with Gasteiger partial charge >= 0.3 is 0 Å². The van der Waals surface area contributed by atoms with Crippen LogP contribution in [-0.4, -0.2) is 11.5 Å². The van der Waals surface area contributed by atoms with Crippen molar-refractivity contribution in [3.8, 4) is 0 Å². The van der Waals surface area contributed by atoms with Gasteiger partial charge in [0.05, 0.1) is 0 Å². The topological polar surface area (TPSA) is 50.9 Å². The van der Waals surface area contributed by atoms with Gasteiger partial charge in [-0.2, -0.15) is 0 Å². The van der Waals surface area contributed by atoms with E-state index in [4.69, 9.17) is 5.73 Å². The summed E-state index contributed by atoms with van der Waals surface area (Å²) in [5, 5.41) is 3.41. The van der Waals surface area contributed by atoms with Gasteiger partial charge in [-0.15, -0.1) is 0 Å². The van der Waals surface area contributed by atoms with Crippen LogP contribution in [0.1, 0.15) is 36.1 Å². The lowest BCUT2D eigenvalue weighted by Crippen LogP contribution is -2.25. The van der Waals surface area contributed by atoms with Crippen molar-refractivity contribution in [2.45, 2.75) is 32.7 Å². The maximum absolute atomic E-state index is 14.2. The lowest BCUT2D eigenvalue weighted by atomic mass is 9.97. The zero-order valence-corrected chi connectivity index (χ0v) is 12.6. The number of aryl methyl sites for hydroxylation is 1. The second kappa shape index (κ2) is 7.18. The first kappa shape index (κ1) is 15.4. The van der Waals surface area contributed by atoms with Gasteiger partial charge in [-0.05, 0) is 44.0 Å². The Morgan fingerprint density at radius 3 is 2.86 bits per heavy atom. The first-order valence-electron chi connectivity index (χ1n) is 7.29. The van der Waals surface area contributed by atoms with E-state index in [2.05, 4.69) is 17.2 Å². The van der Waals surface area contributed by atoms with E-state index in [1.165, 1.54) is 6.07 Å². The first-order valence-corrected chi connectivity index (χ1v) is 7.29. The molecule has 0 aliphatic carbocycles. The molecule has 1 heterocycles. The van der Waals surface area contributed by atoms with E-state index in [-0.39, 0.29) is 11.9 Å². The van der Waals surface area contributed by atoms with Gasteiger partial charge in [-0.1, -0.05) is 24.6 Å². The number of halogens is 1. The Balaban J connectivity index is 2.30. The molecule has 0 fully saturated rings. The van der Waals surface area contributed by atoms with Crippen molar-refractivity contribution in [1.29, 1.82) is 0 Å². The van der Waals surface area contributed by atoms with Crippen LogP contribution in [0.4, 0.5) is 10.1 Å². The summed E-state index contributed by atoms with van der Waals surface area (Å²) in [5.74, 6) is -0.184. The molecule has 0 bridgehead atoms. The minimum atomic E-state index is -0.184. The molecular weight excluding hydrogens is 265 g/mol. The summed E-state index contributed by atoms with van der Waals surface area (Å²) in [5.41, 5.74) is 9.35. The molecule has 0 radical (unpaired) electrons. The van der Waals surface area contributed by atoms with Gasteiger partial charge in [0.2, 0.25) is 0 Å². The number of rotatable bonds is 6. The summed E-state index contributed by atoms with van der Waals surface area (Å²) in [6.07, 6.45) is 5.04. The zero-order valence-electron chi connectivity index (χ0n) is 12.6. The van der Waals surface area contributed by atoms with E-state index in [1.54, 1.807) is 24.5 Å². The molecule has 0 aliphatic rings. The number of nitrogens with zero attached hydrogens (tertiary/aromatic N) is 1. The number of nitrogen functional groups attached to an aromatic ring is 1. The van der Waals surface area contributed by atoms with E-state index in [0.717, 1.165) is 24.1 Å². The van der Waals surface area contributed by atoms with Crippen LogP contribution in [0.5, 0.6) is 0 Å². The molecule has 0 saturated heterocycles. The van der Waals surface area contributed by atoms with Crippen LogP contribution in [0.25, 0.3) is 0 Å². The maximum Gasteiger partial charge on any atom is 0.128 e. The molecule has 0 spiro atoms. The third kappa shape index (κ3) is 4.02. The number of nitrogens with two attached hydrogens (primary N) is 1. The highest BCUT2D eigenvalue weighted by atomic mass is 19.1. The number of hydrogen-bond acceptors (Lipinski definition) is 3. The van der Waals surface area contributed by atoms with Gasteiger partial charge in [0.25, 0.3) is 0 Å². The molecule has 112 valence electrons. The molecule has 2 rings (SSSR count). The van der Waals surface area contributed by atoms with Gasteiger partial charge in [0.1, 0.15) is 5.82 Å². The van der Waals surface area contributed by atoms with Crippen molar-refractivity contribution in [1.82, 2.24) is 10.3 Å². The van der Waals surface area contributed by atoms with Crippen molar-refractivity contribution in [2.24, 2.45) is 0 Å². The van der Waals surface area contributed by atoms with Crippen LogP contribution >= 0.6 is 0 Å². The van der Waals surface area contributed by atoms with Crippen molar-refractivity contribution < 1.29 is 4.39 Å². The molecule has 2 aromatic rings. The Morgan fingerprint density at radius 1 is 1.33 bits per heavy atom. The summed E-state index contributed by atoms with van der Waals surface area (Å²) >= 11 is 0. The molecule has 1 atom stereocenters. The van der Waals surface area contributed by atoms with Crippen molar-refractivity contribution in [3.05, 3.63) is 59.2 Å². The predicted octanol–water partition coefficient (Wildman–Crippen LogP) is 3.39. The number of nitrogens with one attached hydrogen (secondary N) is 1. The number of anilines is 1. The molecule has 0 amide bonds. The van der Waals surface area contributed by atoms with Crippen LogP contribution in [0.15, 0.2) is 36.7 Å². The molecule has 0 aliphatic heterocycles. The Bertz CT molecular complexity index is 598. The zero-order chi connectivity index (χ0) is 15.2. The smallest absolute Gasteiger partial charge is 0.128 e. The SMILES string of the molecule is CCCNC(Cc1cnccc1N)c1cc(C)ccc1F. The number of benzene rings is 1. The van der Waals surface area contributed by atoms with Gasteiger partial charge < -0.3 is 11.1 Å². The molecule has 0 saturated carbocycles. The number of hydrogen-bond donors (Lipinski definition) is 2. The van der Waals surface area contributed by atoms with Crippen LogP contribution < -0.4 is 11.1 Å². The third-order valence-corrected chi connectivity index (χ3v) is 3.53. The van der Waals surface area contributed by atoms with Gasteiger partial charge in [-0.25, -0.2) is 4.39 Å². The summed E-state index contributed by atoms with van der Waals surface area (Å²) < 4.78 is 14.2. The third-order valence-electron chi connectivity index (χ3n) is 3.53. The van der Waals surface area contributed by atoms with Crippen molar-refractivity contribution in [2.75, 3.05) is 12.3 Å². The van der Waals surface area contributed by atoms with Gasteiger partial charge in [0.15, 0.2) is 0 Å². The van der Waals surface area contributed by atoms with Gasteiger partial charge in [-0.3, -0.25) is 4.98 Å². The highest BCUT2D eigenvalue weighted by Crippen LogP contribution is 2.24. The fourth-order valence-corrected chi connectivity index (χ4v) is 2.37. The average molecular weight is 287 g/mol. The molecule has 1 aromatic carbocycles. The van der Waals surface area contributed by atoms with E-state index >= 15 is 0 Å². The monoisotopic (exact) mass is 287 g/mol. The average Bonchev–Trinajstić information content (AvgIpc) is 2.48. The lowest BCUT2D eigenvalue weighted by Gasteiger charge is -2.21. The Hall–Kier alpha value is -1.94. The fourth-order valence-electron chi connectivity index (χ4n) is 2.37. The van der Waals surface area contributed by atoms with E-state index in [0.29, 0.717) is 17.7 Å². The normalized spacial score (nSPS) is 12.3. The number of aromatic nitrogens is 1. The number of pyridine rings is 1. The summed E-state index contributed by atoms with van der Waals surface area (Å²) in [6.45, 7) is 4.89. The largest absolute Gasteiger partial charge is 0.398 e. The van der Waals surface area contributed by atoms with Crippen LogP contribution in [0.2, 0.25) is 0 Å². The van der Waals surface area contributed by atoms with E-state index < -0.39 is 0 Å². The van der Waals surface area contributed by atoms with Crippen molar-refractivity contribution >= 4 is 5.69 Å². The molecular formula is C17H22FN3. The lowest BCUT2D eigenvalue weighted by molar-refractivity contribution is 0.496. The molecule has 21 heavy (non-hydrogen) atoms. The molecule has 1 aromatic heterocycles. The molecule has 4 heteroatoms. The molecule has 3 nitrogen and oxygen atoms in total. The first-order chi connectivity index (χ1) is 10.1. The quantitative estimate of drug-likeness (QED) is 0.856. The summed E-state index contributed by atoms with van der Waals surface area (Å²) in [4.78, 5) is 4.11. The minimum absolute atomic E-state index is 0.101. The predicted molar refractivity (Wildman–Crippen MR) is 84.5 cm³/mol. The van der Waals surface area contributed by atoms with E-state index in [1.807, 2.05) is 13.0 Å². The molecule has 1 unspecified atom stereocenters. The van der Waals surface area contributed by atoms with Crippen LogP contribution in [-0.2, 0) is 6.42 Å². The van der Waals surface area contributed by atoms with Gasteiger partial charge in [0, 0.05) is 29.7 Å². The molecule has 3 N–H and O–H groups in total. The van der Waals surface area contributed by atoms with E-state index in [9.17, 15) is 4.39 Å². The van der Waals surface area contributed by atoms with Crippen molar-refractivity contribution in [3.63, 3.8) is 0 Å². The second-order valence-electron chi connectivity index (χ2n) is 5.31. The standard InChI is InChI=1S/C17H22FN3/c1-3-7-21-17(10-13-11-20-8-6-16(13)19)14-9-12(2)4-5-15(14)18/h4-6,8-9,11,17,21H,3,7,10H2,1-2H3,(H2,19,20). The Kier molecular flexibility index (Phi) is 5.28. The Labute approximate surface area is 125 Å². The van der Waals surface area contributed by atoms with Crippen LogP contribution in [0, 0.1) is 12.7 Å². The highest BCUT2D eigenvalue weighted by molar-refractivity contribution is 5.45. The fraction of sp³-hybridized carbons (Fsp3) is 0.353. The highest BCUT2D eigenvalue weighted by Gasteiger charge is 2.17. The minimum Gasteiger partial charge on any atom is -0.398 e. The summed E-state index contributed by atoms with van der Waals surface area (Å²) in [7, 11) is 0.